The molecule has 4 aromatic carbocycles. The van der Waals surface area contributed by atoms with Crippen LogP contribution in [0.5, 0.6) is 5.75 Å². The van der Waals surface area contributed by atoms with Crippen molar-refractivity contribution in [3.05, 3.63) is 167 Å². The molecule has 4 atom stereocenters. The molecular formula is C37H27Cl3N2O10. The van der Waals surface area contributed by atoms with Gasteiger partial charge in [-0.2, -0.15) is 0 Å². The minimum absolute atomic E-state index is 0.126. The Bertz CT molecular complexity index is 2200. The lowest BCUT2D eigenvalue weighted by atomic mass is 10.1. The summed E-state index contributed by atoms with van der Waals surface area (Å²) in [6.07, 6.45) is -6.01. The van der Waals surface area contributed by atoms with Crippen molar-refractivity contribution in [3.8, 4) is 5.75 Å². The van der Waals surface area contributed by atoms with Gasteiger partial charge in [-0.05, 0) is 54.6 Å². The van der Waals surface area contributed by atoms with Gasteiger partial charge in [0.05, 0.1) is 27.4 Å². The van der Waals surface area contributed by atoms with Crippen molar-refractivity contribution in [2.75, 3.05) is 6.61 Å². The van der Waals surface area contributed by atoms with E-state index in [1.165, 1.54) is 42.5 Å². The summed E-state index contributed by atoms with van der Waals surface area (Å²) in [6.45, 7) is -1.03. The van der Waals surface area contributed by atoms with Gasteiger partial charge in [0.1, 0.15) is 30.1 Å². The van der Waals surface area contributed by atoms with Crippen molar-refractivity contribution in [2.45, 2.75) is 31.1 Å². The van der Waals surface area contributed by atoms with E-state index in [-0.39, 0.29) is 33.2 Å². The molecular weight excluding hydrogens is 739 g/mol. The van der Waals surface area contributed by atoms with E-state index >= 15 is 0 Å². The molecule has 0 spiro atoms. The average molecular weight is 766 g/mol. The first-order chi connectivity index (χ1) is 25.1. The van der Waals surface area contributed by atoms with Crippen LogP contribution in [0.25, 0.3) is 0 Å². The normalized spacial score (nSPS) is 18.0. The number of carbonyl (C=O) groups excluding carboxylic acids is 3. The Morgan fingerprint density at radius 2 is 1.25 bits per heavy atom. The maximum Gasteiger partial charge on any atom is 0.338 e. The number of halogens is 3. The van der Waals surface area contributed by atoms with Gasteiger partial charge < -0.3 is 23.7 Å². The smallest absolute Gasteiger partial charge is 0.338 e. The molecule has 0 unspecified atom stereocenters. The van der Waals surface area contributed by atoms with Gasteiger partial charge in [-0.1, -0.05) is 89.4 Å². The van der Waals surface area contributed by atoms with Crippen molar-refractivity contribution < 1.29 is 38.1 Å². The first kappa shape index (κ1) is 36.4. The molecule has 0 aliphatic carbocycles. The third-order valence-corrected chi connectivity index (χ3v) is 8.79. The summed E-state index contributed by atoms with van der Waals surface area (Å²) in [5.41, 5.74) is -1.68. The maximum atomic E-state index is 13.7. The molecule has 1 aromatic heterocycles. The fraction of sp³-hybridized carbons (Fsp3) is 0.162. The van der Waals surface area contributed by atoms with E-state index in [9.17, 15) is 24.0 Å². The summed E-state index contributed by atoms with van der Waals surface area (Å²) in [6, 6.07) is 28.4. The molecule has 52 heavy (non-hydrogen) atoms. The van der Waals surface area contributed by atoms with Crippen LogP contribution < -0.4 is 16.0 Å². The Labute approximate surface area is 310 Å². The highest BCUT2D eigenvalue weighted by atomic mass is 35.5. The second kappa shape index (κ2) is 16.3. The number of nitrogens with zero attached hydrogens (tertiary/aromatic N) is 1. The van der Waals surface area contributed by atoms with Crippen LogP contribution in [-0.2, 0) is 25.6 Å². The molecule has 2 heterocycles. The minimum atomic E-state index is -1.62. The third-order valence-electron chi connectivity index (χ3n) is 7.87. The van der Waals surface area contributed by atoms with Crippen molar-refractivity contribution in [2.24, 2.45) is 0 Å². The lowest BCUT2D eigenvalue weighted by Crippen LogP contribution is -2.44. The molecule has 0 amide bonds. The highest BCUT2D eigenvalue weighted by Gasteiger charge is 2.52. The fourth-order valence-electron chi connectivity index (χ4n) is 5.38. The first-order valence-electron chi connectivity index (χ1n) is 15.6. The number of ether oxygens (including phenoxy) is 5. The van der Waals surface area contributed by atoms with Gasteiger partial charge >= 0.3 is 23.6 Å². The molecule has 0 radical (unpaired) electrons. The second-order valence-corrected chi connectivity index (χ2v) is 12.5. The Morgan fingerprint density at radius 3 is 1.81 bits per heavy atom. The van der Waals surface area contributed by atoms with Crippen LogP contribution >= 0.6 is 34.8 Å². The van der Waals surface area contributed by atoms with E-state index < -0.39 is 71.9 Å². The van der Waals surface area contributed by atoms with Crippen LogP contribution in [0, 0.1) is 0 Å². The predicted molar refractivity (Wildman–Crippen MR) is 189 cm³/mol. The third kappa shape index (κ3) is 8.21. The Morgan fingerprint density at radius 1 is 0.712 bits per heavy atom. The molecule has 0 bridgehead atoms. The molecule has 1 fully saturated rings. The molecule has 1 aliphatic rings. The topological polar surface area (TPSA) is 152 Å². The van der Waals surface area contributed by atoms with Crippen LogP contribution in [0.1, 0.15) is 43.0 Å². The Kier molecular flexibility index (Phi) is 11.4. The second-order valence-electron chi connectivity index (χ2n) is 11.3. The van der Waals surface area contributed by atoms with E-state index in [1.807, 2.05) is 0 Å². The highest BCUT2D eigenvalue weighted by molar-refractivity contribution is 6.35. The molecule has 1 saturated heterocycles. The summed E-state index contributed by atoms with van der Waals surface area (Å²) < 4.78 is 30.5. The van der Waals surface area contributed by atoms with Crippen molar-refractivity contribution >= 4 is 52.7 Å². The van der Waals surface area contributed by atoms with Crippen molar-refractivity contribution in [1.82, 2.24) is 9.55 Å². The van der Waals surface area contributed by atoms with Crippen LogP contribution in [0.2, 0.25) is 15.1 Å². The number of hydrogen-bond acceptors (Lipinski definition) is 10. The summed E-state index contributed by atoms with van der Waals surface area (Å²) in [7, 11) is 0. The lowest BCUT2D eigenvalue weighted by Gasteiger charge is -2.26. The van der Waals surface area contributed by atoms with Crippen molar-refractivity contribution in [3.63, 3.8) is 0 Å². The largest absolute Gasteiger partial charge is 0.486 e. The molecule has 0 saturated carbocycles. The average Bonchev–Trinajstić information content (AvgIpc) is 3.48. The predicted octanol–water partition coefficient (Wildman–Crippen LogP) is 6.28. The molecule has 15 heteroatoms. The number of hydrogen-bond donors (Lipinski definition) is 1. The number of esters is 3. The number of carbonyl (C=O) groups is 3. The Hall–Kier alpha value is -5.40. The van der Waals surface area contributed by atoms with E-state index in [4.69, 9.17) is 58.5 Å². The van der Waals surface area contributed by atoms with Gasteiger partial charge in [0, 0.05) is 5.02 Å². The number of benzene rings is 4. The highest BCUT2D eigenvalue weighted by Crippen LogP contribution is 2.37. The zero-order valence-electron chi connectivity index (χ0n) is 26.8. The number of aromatic amines is 1. The van der Waals surface area contributed by atoms with Gasteiger partial charge in [-0.25, -0.2) is 19.2 Å². The van der Waals surface area contributed by atoms with Gasteiger partial charge in [-0.3, -0.25) is 14.3 Å². The summed E-state index contributed by atoms with van der Waals surface area (Å²) in [5, 5.41) is 0.00140. The summed E-state index contributed by atoms with van der Waals surface area (Å²) in [4.78, 5) is 68.6. The summed E-state index contributed by atoms with van der Waals surface area (Å²) in [5.74, 6) is -2.28. The fourth-order valence-corrected chi connectivity index (χ4v) is 6.03. The number of H-pyrrole nitrogens is 1. The minimum Gasteiger partial charge on any atom is -0.486 e. The van der Waals surface area contributed by atoms with Crippen molar-refractivity contribution in [1.29, 1.82) is 0 Å². The zero-order chi connectivity index (χ0) is 36.8. The molecule has 12 nitrogen and oxygen atoms in total. The Balaban J connectivity index is 1.43. The van der Waals surface area contributed by atoms with Crippen LogP contribution in [-0.4, -0.2) is 52.4 Å². The van der Waals surface area contributed by atoms with Gasteiger partial charge in [-0.15, -0.1) is 0 Å². The van der Waals surface area contributed by atoms with E-state index in [0.29, 0.717) is 5.02 Å². The quantitative estimate of drug-likeness (QED) is 0.120. The van der Waals surface area contributed by atoms with Gasteiger partial charge in [0.25, 0.3) is 5.56 Å². The van der Waals surface area contributed by atoms with Crippen LogP contribution in [0.4, 0.5) is 0 Å². The van der Waals surface area contributed by atoms with Gasteiger partial charge in [0.2, 0.25) is 0 Å². The molecule has 266 valence electrons. The molecule has 1 N–H and O–H groups in total. The first-order valence-corrected chi connectivity index (χ1v) is 16.7. The SMILES string of the molecule is O=C(OC[C@H]1O[C@@H](n2c(COc3ccc(Cl)cc3Cl)c(Cl)c(=O)[nH]c2=O)[C@H](OC(=O)c2ccccc2)[C@@H]1OC(=O)c1ccccc1)c1ccccc1. The standard InChI is InChI=1S/C37H27Cl3N2O10/c38-24-16-17-27(25(39)18-24)48-19-26-29(40)32(43)41-37(47)42(26)33-31(52-36(46)23-14-8-3-9-15-23)30(51-35(45)22-12-6-2-7-13-22)28(50-33)20-49-34(44)21-10-4-1-5-11-21/h1-18,28,30-31,33H,19-20H2,(H,41,43,47)/t28-,30-,31-,33-/m1/s1. The lowest BCUT2D eigenvalue weighted by molar-refractivity contribution is -0.0658. The van der Waals surface area contributed by atoms with E-state index in [1.54, 1.807) is 66.7 Å². The maximum absolute atomic E-state index is 13.7. The van der Waals surface area contributed by atoms with Crippen LogP contribution in [0.3, 0.4) is 0 Å². The number of nitrogens with one attached hydrogen (secondary N) is 1. The summed E-state index contributed by atoms with van der Waals surface area (Å²) >= 11 is 18.8. The molecule has 5 aromatic rings. The number of aromatic nitrogens is 2. The van der Waals surface area contributed by atoms with E-state index in [0.717, 1.165) is 4.57 Å². The van der Waals surface area contributed by atoms with Crippen LogP contribution in [0.15, 0.2) is 119 Å². The zero-order valence-corrected chi connectivity index (χ0v) is 29.0. The number of rotatable bonds is 11. The van der Waals surface area contributed by atoms with Gasteiger partial charge in [0.15, 0.2) is 18.4 Å². The monoisotopic (exact) mass is 764 g/mol. The molecule has 6 rings (SSSR count). The van der Waals surface area contributed by atoms with E-state index in [2.05, 4.69) is 4.98 Å². The molecule has 1 aliphatic heterocycles.